The summed E-state index contributed by atoms with van der Waals surface area (Å²) in [5.74, 6) is 1.83. The van der Waals surface area contributed by atoms with Gasteiger partial charge < -0.3 is 10.1 Å². The highest BCUT2D eigenvalue weighted by molar-refractivity contribution is 6.30. The van der Waals surface area contributed by atoms with Gasteiger partial charge in [0.25, 0.3) is 0 Å². The number of aryl methyl sites for hydroxylation is 1. The van der Waals surface area contributed by atoms with Gasteiger partial charge in [-0.25, -0.2) is 9.37 Å². The molecule has 112 valence electrons. The van der Waals surface area contributed by atoms with Crippen molar-refractivity contribution in [2.24, 2.45) is 0 Å². The number of nitrogens with one attached hydrogen (secondary N) is 1. The maximum absolute atomic E-state index is 13.2. The van der Waals surface area contributed by atoms with E-state index in [1.807, 2.05) is 6.92 Å². The lowest BCUT2D eigenvalue weighted by molar-refractivity contribution is 0.453. The van der Waals surface area contributed by atoms with E-state index in [-0.39, 0.29) is 5.02 Å². The Morgan fingerprint density at radius 2 is 2.10 bits per heavy atom. The van der Waals surface area contributed by atoms with Gasteiger partial charge in [-0.2, -0.15) is 4.98 Å². The van der Waals surface area contributed by atoms with E-state index in [0.717, 1.165) is 24.2 Å². The molecule has 6 heteroatoms. The zero-order valence-corrected chi connectivity index (χ0v) is 13.0. The number of hydrogen-bond acceptors (Lipinski definition) is 4. The third-order valence-corrected chi connectivity index (χ3v) is 3.25. The standard InChI is InChI=1S/C15H17ClFN3O/c1-4-5-13-19-14(18-3)9(2)15(20-13)21-10-6-7-12(17)11(16)8-10/h6-8H,4-5H2,1-3H3,(H,18,19,20). The number of hydrogen-bond donors (Lipinski definition) is 1. The number of rotatable bonds is 5. The van der Waals surface area contributed by atoms with Crippen molar-refractivity contribution in [2.75, 3.05) is 12.4 Å². The first-order chi connectivity index (χ1) is 10.0. The van der Waals surface area contributed by atoms with Gasteiger partial charge in [0.15, 0.2) is 0 Å². The van der Waals surface area contributed by atoms with E-state index < -0.39 is 5.82 Å². The van der Waals surface area contributed by atoms with Gasteiger partial charge in [0, 0.05) is 19.5 Å². The first-order valence-electron chi connectivity index (χ1n) is 6.73. The van der Waals surface area contributed by atoms with E-state index in [4.69, 9.17) is 16.3 Å². The molecule has 0 atom stereocenters. The van der Waals surface area contributed by atoms with E-state index in [9.17, 15) is 4.39 Å². The Morgan fingerprint density at radius 1 is 1.33 bits per heavy atom. The summed E-state index contributed by atoms with van der Waals surface area (Å²) in [6.45, 7) is 3.92. The van der Waals surface area contributed by atoms with Gasteiger partial charge >= 0.3 is 0 Å². The van der Waals surface area contributed by atoms with Crippen LogP contribution >= 0.6 is 11.6 Å². The van der Waals surface area contributed by atoms with Crippen LogP contribution < -0.4 is 10.1 Å². The Labute approximate surface area is 128 Å². The third-order valence-electron chi connectivity index (χ3n) is 2.96. The minimum absolute atomic E-state index is 0.0156. The van der Waals surface area contributed by atoms with Crippen LogP contribution in [0.4, 0.5) is 10.2 Å². The Morgan fingerprint density at radius 3 is 2.71 bits per heavy atom. The van der Waals surface area contributed by atoms with Crippen LogP contribution in [0.25, 0.3) is 0 Å². The van der Waals surface area contributed by atoms with E-state index in [2.05, 4.69) is 22.2 Å². The summed E-state index contributed by atoms with van der Waals surface area (Å²) in [4.78, 5) is 8.83. The molecule has 0 saturated heterocycles. The van der Waals surface area contributed by atoms with Gasteiger partial charge in [0.1, 0.15) is 23.2 Å². The lowest BCUT2D eigenvalue weighted by Crippen LogP contribution is -2.05. The van der Waals surface area contributed by atoms with Gasteiger partial charge in [-0.05, 0) is 25.5 Å². The summed E-state index contributed by atoms with van der Waals surface area (Å²) < 4.78 is 18.9. The lowest BCUT2D eigenvalue weighted by Gasteiger charge is -2.13. The molecule has 1 N–H and O–H groups in total. The largest absolute Gasteiger partial charge is 0.438 e. The number of halogens is 2. The summed E-state index contributed by atoms with van der Waals surface area (Å²) in [6.07, 6.45) is 1.70. The van der Waals surface area contributed by atoms with E-state index in [1.54, 1.807) is 7.05 Å². The Hall–Kier alpha value is -1.88. The molecule has 0 unspecified atom stereocenters. The quantitative estimate of drug-likeness (QED) is 0.891. The molecule has 4 nitrogen and oxygen atoms in total. The normalized spacial score (nSPS) is 10.5. The molecule has 0 aliphatic carbocycles. The minimum atomic E-state index is -0.481. The fraction of sp³-hybridized carbons (Fsp3) is 0.333. The molecule has 1 aromatic carbocycles. The van der Waals surface area contributed by atoms with E-state index >= 15 is 0 Å². The van der Waals surface area contributed by atoms with Crippen molar-refractivity contribution >= 4 is 17.4 Å². The number of aromatic nitrogens is 2. The van der Waals surface area contributed by atoms with Gasteiger partial charge in [-0.15, -0.1) is 0 Å². The third kappa shape index (κ3) is 3.61. The van der Waals surface area contributed by atoms with Crippen LogP contribution in [0, 0.1) is 12.7 Å². The van der Waals surface area contributed by atoms with Gasteiger partial charge in [0.05, 0.1) is 10.6 Å². The Kier molecular flexibility index (Phi) is 4.96. The number of ether oxygens (including phenoxy) is 1. The molecule has 1 aromatic heterocycles. The maximum Gasteiger partial charge on any atom is 0.227 e. The van der Waals surface area contributed by atoms with Crippen LogP contribution in [-0.2, 0) is 6.42 Å². The monoisotopic (exact) mass is 309 g/mol. The molecule has 0 radical (unpaired) electrons. The minimum Gasteiger partial charge on any atom is -0.438 e. The molecule has 0 spiro atoms. The van der Waals surface area contributed by atoms with Crippen molar-refractivity contribution in [1.29, 1.82) is 0 Å². The highest BCUT2D eigenvalue weighted by Gasteiger charge is 2.12. The fourth-order valence-corrected chi connectivity index (χ4v) is 2.04. The number of nitrogens with zero attached hydrogens (tertiary/aromatic N) is 2. The van der Waals surface area contributed by atoms with Crippen LogP contribution in [0.3, 0.4) is 0 Å². The number of anilines is 1. The van der Waals surface area contributed by atoms with Crippen LogP contribution in [0.1, 0.15) is 24.7 Å². The summed E-state index contributed by atoms with van der Waals surface area (Å²) in [5.41, 5.74) is 0.790. The smallest absolute Gasteiger partial charge is 0.227 e. The average molecular weight is 310 g/mol. The molecule has 0 aliphatic heterocycles. The molecular weight excluding hydrogens is 293 g/mol. The van der Waals surface area contributed by atoms with Crippen LogP contribution in [0.5, 0.6) is 11.6 Å². The SMILES string of the molecule is CCCc1nc(NC)c(C)c(Oc2ccc(F)c(Cl)c2)n1. The summed E-state index contributed by atoms with van der Waals surface area (Å²) in [7, 11) is 1.80. The summed E-state index contributed by atoms with van der Waals surface area (Å²) in [6, 6.07) is 4.21. The topological polar surface area (TPSA) is 47.0 Å². The van der Waals surface area contributed by atoms with E-state index in [0.29, 0.717) is 17.5 Å². The molecule has 0 aliphatic rings. The molecule has 1 heterocycles. The van der Waals surface area contributed by atoms with Crippen molar-refractivity contribution in [1.82, 2.24) is 9.97 Å². The maximum atomic E-state index is 13.2. The van der Waals surface area contributed by atoms with E-state index in [1.165, 1.54) is 18.2 Å². The molecule has 0 bridgehead atoms. The predicted octanol–water partition coefficient (Wildman–Crippen LogP) is 4.36. The Balaban J connectivity index is 2.37. The van der Waals surface area contributed by atoms with Crippen LogP contribution in [0.2, 0.25) is 5.02 Å². The van der Waals surface area contributed by atoms with Gasteiger partial charge in [-0.3, -0.25) is 0 Å². The highest BCUT2D eigenvalue weighted by atomic mass is 35.5. The first-order valence-corrected chi connectivity index (χ1v) is 7.11. The second-order valence-electron chi connectivity index (χ2n) is 4.60. The van der Waals surface area contributed by atoms with Crippen molar-refractivity contribution < 1.29 is 9.13 Å². The highest BCUT2D eigenvalue weighted by Crippen LogP contribution is 2.29. The Bertz CT molecular complexity index is 649. The molecule has 0 amide bonds. The first kappa shape index (κ1) is 15.5. The molecular formula is C15H17ClFN3O. The average Bonchev–Trinajstić information content (AvgIpc) is 2.46. The van der Waals surface area contributed by atoms with Crippen molar-refractivity contribution in [3.63, 3.8) is 0 Å². The second-order valence-corrected chi connectivity index (χ2v) is 5.00. The molecule has 2 aromatic rings. The van der Waals surface area contributed by atoms with Crippen molar-refractivity contribution in [3.8, 4) is 11.6 Å². The lowest BCUT2D eigenvalue weighted by atomic mass is 10.2. The molecule has 21 heavy (non-hydrogen) atoms. The molecule has 2 rings (SSSR count). The summed E-state index contributed by atoms with van der Waals surface area (Å²) >= 11 is 5.76. The molecule has 0 saturated carbocycles. The van der Waals surface area contributed by atoms with Gasteiger partial charge in [-0.1, -0.05) is 18.5 Å². The predicted molar refractivity (Wildman–Crippen MR) is 81.8 cm³/mol. The van der Waals surface area contributed by atoms with Crippen molar-refractivity contribution in [2.45, 2.75) is 26.7 Å². The zero-order chi connectivity index (χ0) is 15.4. The van der Waals surface area contributed by atoms with Gasteiger partial charge in [0.2, 0.25) is 5.88 Å². The fourth-order valence-electron chi connectivity index (χ4n) is 1.87. The summed E-state index contributed by atoms with van der Waals surface area (Å²) in [5, 5.41) is 3.04. The number of benzene rings is 1. The zero-order valence-electron chi connectivity index (χ0n) is 12.2. The van der Waals surface area contributed by atoms with Crippen molar-refractivity contribution in [3.05, 3.63) is 40.4 Å². The van der Waals surface area contributed by atoms with Crippen LogP contribution in [-0.4, -0.2) is 17.0 Å². The van der Waals surface area contributed by atoms with Crippen LogP contribution in [0.15, 0.2) is 18.2 Å². The second kappa shape index (κ2) is 6.72. The molecule has 0 fully saturated rings.